The van der Waals surface area contributed by atoms with Crippen LogP contribution in [0.1, 0.15) is 30.9 Å². The molecule has 84 valence electrons. The van der Waals surface area contributed by atoms with Gasteiger partial charge in [-0.2, -0.15) is 0 Å². The van der Waals surface area contributed by atoms with E-state index in [1.807, 2.05) is 12.3 Å². The van der Waals surface area contributed by atoms with Crippen LogP contribution in [0.2, 0.25) is 0 Å². The normalized spacial score (nSPS) is 19.9. The minimum atomic E-state index is 0.203. The number of nitrogens with two attached hydrogens (primary N) is 1. The van der Waals surface area contributed by atoms with Crippen LogP contribution in [0.25, 0.3) is 11.0 Å². The molecule has 1 aromatic carbocycles. The van der Waals surface area contributed by atoms with Gasteiger partial charge in [0.05, 0.1) is 6.26 Å². The molecule has 0 bridgehead atoms. The van der Waals surface area contributed by atoms with Crippen LogP contribution in [-0.2, 0) is 5.41 Å². The van der Waals surface area contributed by atoms with Crippen LogP contribution in [0.5, 0.6) is 0 Å². The van der Waals surface area contributed by atoms with Gasteiger partial charge in [0.1, 0.15) is 5.58 Å². The van der Waals surface area contributed by atoms with Gasteiger partial charge in [0.25, 0.3) is 0 Å². The standard InChI is InChI=1S/C14H17NO/c1-9-8-16-12-5-3-4-11(13(9)12)14(6-7-14)10(2)15/h3-5,8,10H,6-7,15H2,1-2H3. The summed E-state index contributed by atoms with van der Waals surface area (Å²) >= 11 is 0. The second-order valence-corrected chi connectivity index (χ2v) is 5.04. The number of fused-ring (bicyclic) bond motifs is 1. The Morgan fingerprint density at radius 2 is 2.12 bits per heavy atom. The molecule has 1 atom stereocenters. The van der Waals surface area contributed by atoms with Crippen LogP contribution in [-0.4, -0.2) is 6.04 Å². The van der Waals surface area contributed by atoms with Gasteiger partial charge in [-0.25, -0.2) is 0 Å². The van der Waals surface area contributed by atoms with Gasteiger partial charge in [0.15, 0.2) is 0 Å². The first-order valence-corrected chi connectivity index (χ1v) is 5.88. The number of hydrogen-bond donors (Lipinski definition) is 1. The zero-order chi connectivity index (χ0) is 11.3. The predicted molar refractivity (Wildman–Crippen MR) is 65.5 cm³/mol. The first-order valence-electron chi connectivity index (χ1n) is 5.88. The highest BCUT2D eigenvalue weighted by atomic mass is 16.3. The maximum absolute atomic E-state index is 6.14. The van der Waals surface area contributed by atoms with E-state index in [0.29, 0.717) is 0 Å². The second-order valence-electron chi connectivity index (χ2n) is 5.04. The summed E-state index contributed by atoms with van der Waals surface area (Å²) in [6.45, 7) is 4.22. The van der Waals surface area contributed by atoms with E-state index in [9.17, 15) is 0 Å². The molecule has 1 saturated carbocycles. The zero-order valence-corrected chi connectivity index (χ0v) is 9.79. The minimum Gasteiger partial charge on any atom is -0.464 e. The topological polar surface area (TPSA) is 39.2 Å². The monoisotopic (exact) mass is 215 g/mol. The molecule has 1 unspecified atom stereocenters. The van der Waals surface area contributed by atoms with Crippen molar-refractivity contribution in [1.82, 2.24) is 0 Å². The fourth-order valence-electron chi connectivity index (χ4n) is 2.77. The third-order valence-corrected chi connectivity index (χ3v) is 3.98. The van der Waals surface area contributed by atoms with Crippen molar-refractivity contribution >= 4 is 11.0 Å². The van der Waals surface area contributed by atoms with Gasteiger partial charge in [-0.3, -0.25) is 0 Å². The lowest BCUT2D eigenvalue weighted by atomic mass is 9.86. The molecule has 0 radical (unpaired) electrons. The molecule has 3 rings (SSSR count). The average molecular weight is 215 g/mol. The Labute approximate surface area is 95.4 Å². The number of aryl methyl sites for hydroxylation is 1. The van der Waals surface area contributed by atoms with Gasteiger partial charge in [-0.1, -0.05) is 12.1 Å². The van der Waals surface area contributed by atoms with Crippen LogP contribution in [0.3, 0.4) is 0 Å². The van der Waals surface area contributed by atoms with E-state index in [4.69, 9.17) is 10.2 Å². The summed E-state index contributed by atoms with van der Waals surface area (Å²) in [5.74, 6) is 0. The summed E-state index contributed by atoms with van der Waals surface area (Å²) in [5, 5.41) is 1.28. The molecular weight excluding hydrogens is 198 g/mol. The molecule has 0 spiro atoms. The predicted octanol–water partition coefficient (Wildman–Crippen LogP) is 3.12. The van der Waals surface area contributed by atoms with E-state index in [1.165, 1.54) is 29.4 Å². The van der Waals surface area contributed by atoms with E-state index < -0.39 is 0 Å². The quantitative estimate of drug-likeness (QED) is 0.836. The highest BCUT2D eigenvalue weighted by molar-refractivity contribution is 5.86. The minimum absolute atomic E-state index is 0.203. The summed E-state index contributed by atoms with van der Waals surface area (Å²) in [6.07, 6.45) is 4.24. The maximum Gasteiger partial charge on any atom is 0.134 e. The van der Waals surface area contributed by atoms with Crippen LogP contribution < -0.4 is 5.73 Å². The third-order valence-electron chi connectivity index (χ3n) is 3.98. The Morgan fingerprint density at radius 1 is 1.38 bits per heavy atom. The molecule has 1 heterocycles. The first-order chi connectivity index (χ1) is 7.65. The molecule has 0 aliphatic heterocycles. The first kappa shape index (κ1) is 9.91. The summed E-state index contributed by atoms with van der Waals surface area (Å²) < 4.78 is 5.55. The molecule has 2 heteroatoms. The van der Waals surface area contributed by atoms with Crippen LogP contribution in [0, 0.1) is 6.92 Å². The van der Waals surface area contributed by atoms with Crippen molar-refractivity contribution in [3.05, 3.63) is 35.6 Å². The fourth-order valence-corrected chi connectivity index (χ4v) is 2.77. The Bertz CT molecular complexity index is 535. The smallest absolute Gasteiger partial charge is 0.134 e. The van der Waals surface area contributed by atoms with Crippen molar-refractivity contribution in [3.8, 4) is 0 Å². The Morgan fingerprint density at radius 3 is 2.75 bits per heavy atom. The van der Waals surface area contributed by atoms with Gasteiger partial charge in [0, 0.05) is 16.8 Å². The molecule has 1 aliphatic rings. The third kappa shape index (κ3) is 1.17. The lowest BCUT2D eigenvalue weighted by molar-refractivity contribution is 0.559. The van der Waals surface area contributed by atoms with Crippen LogP contribution >= 0.6 is 0 Å². The molecule has 2 nitrogen and oxygen atoms in total. The highest BCUT2D eigenvalue weighted by Crippen LogP contribution is 2.52. The van der Waals surface area contributed by atoms with Crippen molar-refractivity contribution < 1.29 is 4.42 Å². The number of benzene rings is 1. The van der Waals surface area contributed by atoms with Crippen molar-refractivity contribution in [2.24, 2.45) is 5.73 Å². The van der Waals surface area contributed by atoms with Crippen LogP contribution in [0.15, 0.2) is 28.9 Å². The molecule has 1 aromatic heterocycles. The van der Waals surface area contributed by atoms with Crippen molar-refractivity contribution in [3.63, 3.8) is 0 Å². The summed E-state index contributed by atoms with van der Waals surface area (Å²) in [4.78, 5) is 0. The molecule has 0 saturated heterocycles. The molecule has 0 amide bonds. The van der Waals surface area contributed by atoms with E-state index in [1.54, 1.807) is 0 Å². The molecule has 2 N–H and O–H groups in total. The summed E-state index contributed by atoms with van der Waals surface area (Å²) in [7, 11) is 0. The zero-order valence-electron chi connectivity index (χ0n) is 9.79. The summed E-state index contributed by atoms with van der Waals surface area (Å²) in [5.41, 5.74) is 9.94. The number of rotatable bonds is 2. The summed E-state index contributed by atoms with van der Waals surface area (Å²) in [6, 6.07) is 6.53. The van der Waals surface area contributed by atoms with Crippen LogP contribution in [0.4, 0.5) is 0 Å². The van der Waals surface area contributed by atoms with E-state index in [2.05, 4.69) is 26.0 Å². The van der Waals surface area contributed by atoms with Gasteiger partial charge in [-0.05, 0) is 43.9 Å². The molecule has 16 heavy (non-hydrogen) atoms. The van der Waals surface area contributed by atoms with Crippen molar-refractivity contribution in [1.29, 1.82) is 0 Å². The molecule has 1 aliphatic carbocycles. The Kier molecular flexibility index (Phi) is 1.93. The maximum atomic E-state index is 6.14. The Balaban J connectivity index is 2.28. The van der Waals surface area contributed by atoms with Gasteiger partial charge in [-0.15, -0.1) is 0 Å². The lowest BCUT2D eigenvalue weighted by Gasteiger charge is -2.21. The Hall–Kier alpha value is -1.28. The molecule has 2 aromatic rings. The number of hydrogen-bond acceptors (Lipinski definition) is 2. The SMILES string of the molecule is Cc1coc2cccc(C3(C(C)N)CC3)c12. The van der Waals surface area contributed by atoms with Gasteiger partial charge in [0.2, 0.25) is 0 Å². The highest BCUT2D eigenvalue weighted by Gasteiger charge is 2.48. The van der Waals surface area contributed by atoms with Crippen molar-refractivity contribution in [2.45, 2.75) is 38.1 Å². The number of furan rings is 1. The van der Waals surface area contributed by atoms with E-state index >= 15 is 0 Å². The lowest BCUT2D eigenvalue weighted by Crippen LogP contribution is -2.31. The largest absolute Gasteiger partial charge is 0.464 e. The molecular formula is C14H17NO. The van der Waals surface area contributed by atoms with E-state index in [-0.39, 0.29) is 11.5 Å². The average Bonchev–Trinajstić information content (AvgIpc) is 3.00. The molecule has 1 fully saturated rings. The van der Waals surface area contributed by atoms with Gasteiger partial charge >= 0.3 is 0 Å². The fraction of sp³-hybridized carbons (Fsp3) is 0.429. The van der Waals surface area contributed by atoms with E-state index in [0.717, 1.165) is 5.58 Å². The van der Waals surface area contributed by atoms with Gasteiger partial charge < -0.3 is 10.2 Å². The van der Waals surface area contributed by atoms with Crippen molar-refractivity contribution in [2.75, 3.05) is 0 Å². The second kappa shape index (κ2) is 3.11.